The number of ether oxygens (including phenoxy) is 1. The average Bonchev–Trinajstić information content (AvgIpc) is 2.84. The van der Waals surface area contributed by atoms with Crippen molar-refractivity contribution in [3.05, 3.63) is 41.6 Å². The molecular weight excluding hydrogens is 260 g/mol. The Balaban J connectivity index is 2.31. The molecule has 1 aromatic heterocycles. The third kappa shape index (κ3) is 3.23. The van der Waals surface area contributed by atoms with Crippen LogP contribution in [0.2, 0.25) is 0 Å². The lowest BCUT2D eigenvalue weighted by molar-refractivity contribution is -0.130. The van der Waals surface area contributed by atoms with Crippen LogP contribution < -0.4 is 4.74 Å². The molecule has 0 amide bonds. The van der Waals surface area contributed by atoms with Gasteiger partial charge in [0.2, 0.25) is 5.89 Å². The minimum atomic E-state index is -1.12. The Morgan fingerprint density at radius 1 is 1.35 bits per heavy atom. The van der Waals surface area contributed by atoms with E-state index in [1.54, 1.807) is 31.2 Å². The fourth-order valence-electron chi connectivity index (χ4n) is 1.61. The molecule has 0 aliphatic carbocycles. The number of aliphatic carboxylic acids is 1. The van der Waals surface area contributed by atoms with E-state index in [0.717, 1.165) is 5.75 Å². The standard InChI is InChI=1S/C14H14N2O4/c1-3-19-11-6-4-10(5-7-11)8-12(14(17)18)13-16-15-9(2)20-13/h4-8H,3H2,1-2H3,(H,17,18)/b12-8-. The van der Waals surface area contributed by atoms with E-state index in [9.17, 15) is 9.90 Å². The van der Waals surface area contributed by atoms with Crippen molar-refractivity contribution >= 4 is 17.6 Å². The fraction of sp³-hybridized carbons (Fsp3) is 0.214. The molecule has 0 spiro atoms. The Labute approximate surface area is 115 Å². The van der Waals surface area contributed by atoms with Gasteiger partial charge in [0.15, 0.2) is 0 Å². The Morgan fingerprint density at radius 3 is 2.55 bits per heavy atom. The van der Waals surface area contributed by atoms with E-state index < -0.39 is 5.97 Å². The molecule has 20 heavy (non-hydrogen) atoms. The van der Waals surface area contributed by atoms with Crippen LogP contribution in [-0.2, 0) is 4.79 Å². The van der Waals surface area contributed by atoms with E-state index in [1.165, 1.54) is 6.08 Å². The highest BCUT2D eigenvalue weighted by Gasteiger charge is 2.16. The lowest BCUT2D eigenvalue weighted by Gasteiger charge is -2.03. The second-order valence-electron chi connectivity index (χ2n) is 3.99. The molecule has 1 N–H and O–H groups in total. The maximum atomic E-state index is 11.3. The van der Waals surface area contributed by atoms with E-state index in [-0.39, 0.29) is 11.5 Å². The second-order valence-corrected chi connectivity index (χ2v) is 3.99. The molecular formula is C14H14N2O4. The van der Waals surface area contributed by atoms with Crippen LogP contribution in [0.15, 0.2) is 28.7 Å². The van der Waals surface area contributed by atoms with Crippen molar-refractivity contribution in [2.75, 3.05) is 6.61 Å². The largest absolute Gasteiger partial charge is 0.494 e. The topological polar surface area (TPSA) is 85.5 Å². The molecule has 0 unspecified atom stereocenters. The first kappa shape index (κ1) is 13.8. The number of hydrogen-bond donors (Lipinski definition) is 1. The summed E-state index contributed by atoms with van der Waals surface area (Å²) in [4.78, 5) is 11.3. The first-order valence-corrected chi connectivity index (χ1v) is 6.08. The molecule has 0 atom stereocenters. The van der Waals surface area contributed by atoms with Gasteiger partial charge in [0.05, 0.1) is 6.61 Å². The number of benzene rings is 1. The number of aromatic nitrogens is 2. The summed E-state index contributed by atoms with van der Waals surface area (Å²) in [5, 5.41) is 16.6. The molecule has 0 saturated carbocycles. The Kier molecular flexibility index (Phi) is 4.14. The van der Waals surface area contributed by atoms with Crippen molar-refractivity contribution in [3.63, 3.8) is 0 Å². The molecule has 0 aliphatic rings. The summed E-state index contributed by atoms with van der Waals surface area (Å²) in [5.74, 6) is -0.0829. The van der Waals surface area contributed by atoms with Gasteiger partial charge < -0.3 is 14.3 Å². The zero-order valence-corrected chi connectivity index (χ0v) is 11.2. The minimum Gasteiger partial charge on any atom is -0.494 e. The maximum absolute atomic E-state index is 11.3. The first-order chi connectivity index (χ1) is 9.60. The minimum absolute atomic E-state index is 0.0103. The van der Waals surface area contributed by atoms with Gasteiger partial charge in [0.1, 0.15) is 11.3 Å². The summed E-state index contributed by atoms with van der Waals surface area (Å²) in [7, 11) is 0. The third-order valence-corrected chi connectivity index (χ3v) is 2.49. The molecule has 2 aromatic rings. The van der Waals surface area contributed by atoms with E-state index >= 15 is 0 Å². The molecule has 6 nitrogen and oxygen atoms in total. The van der Waals surface area contributed by atoms with E-state index in [0.29, 0.717) is 18.1 Å². The lowest BCUT2D eigenvalue weighted by atomic mass is 10.1. The highest BCUT2D eigenvalue weighted by molar-refractivity contribution is 6.19. The van der Waals surface area contributed by atoms with Crippen molar-refractivity contribution < 1.29 is 19.1 Å². The van der Waals surface area contributed by atoms with Gasteiger partial charge in [0.25, 0.3) is 5.89 Å². The number of rotatable bonds is 5. The molecule has 6 heteroatoms. The average molecular weight is 274 g/mol. The summed E-state index contributed by atoms with van der Waals surface area (Å²) in [6, 6.07) is 7.07. The van der Waals surface area contributed by atoms with E-state index in [2.05, 4.69) is 10.2 Å². The molecule has 1 aromatic carbocycles. The smallest absolute Gasteiger partial charge is 0.341 e. The van der Waals surface area contributed by atoms with Gasteiger partial charge in [-0.05, 0) is 30.7 Å². The molecule has 0 aliphatic heterocycles. The quantitative estimate of drug-likeness (QED) is 0.842. The van der Waals surface area contributed by atoms with Gasteiger partial charge in [-0.2, -0.15) is 0 Å². The van der Waals surface area contributed by atoms with Gasteiger partial charge >= 0.3 is 5.97 Å². The number of hydrogen-bond acceptors (Lipinski definition) is 5. The molecule has 0 bridgehead atoms. The van der Waals surface area contributed by atoms with Crippen LogP contribution in [0.1, 0.15) is 24.3 Å². The predicted molar refractivity (Wildman–Crippen MR) is 72.2 cm³/mol. The van der Waals surface area contributed by atoms with Gasteiger partial charge in [-0.3, -0.25) is 0 Å². The highest BCUT2D eigenvalue weighted by Crippen LogP contribution is 2.19. The van der Waals surface area contributed by atoms with Crippen molar-refractivity contribution in [2.24, 2.45) is 0 Å². The van der Waals surface area contributed by atoms with Crippen molar-refractivity contribution in [1.29, 1.82) is 0 Å². The molecule has 104 valence electrons. The number of nitrogens with zero attached hydrogens (tertiary/aromatic N) is 2. The summed E-state index contributed by atoms with van der Waals surface area (Å²) >= 11 is 0. The predicted octanol–water partition coefficient (Wildman–Crippen LogP) is 2.40. The molecule has 0 fully saturated rings. The number of carboxylic acid groups (broad SMARTS) is 1. The van der Waals surface area contributed by atoms with Gasteiger partial charge in [-0.15, -0.1) is 10.2 Å². The summed E-state index contributed by atoms with van der Waals surface area (Å²) in [6.07, 6.45) is 1.48. The van der Waals surface area contributed by atoms with Crippen molar-refractivity contribution in [3.8, 4) is 5.75 Å². The molecule has 1 heterocycles. The zero-order valence-electron chi connectivity index (χ0n) is 11.2. The Hall–Kier alpha value is -2.63. The van der Waals surface area contributed by atoms with Gasteiger partial charge in [-0.1, -0.05) is 12.1 Å². The first-order valence-electron chi connectivity index (χ1n) is 6.08. The molecule has 0 radical (unpaired) electrons. The molecule has 0 saturated heterocycles. The van der Waals surface area contributed by atoms with Gasteiger partial charge in [0, 0.05) is 6.92 Å². The Bertz CT molecular complexity index is 629. The van der Waals surface area contributed by atoms with Crippen LogP contribution in [-0.4, -0.2) is 27.9 Å². The monoisotopic (exact) mass is 274 g/mol. The highest BCUT2D eigenvalue weighted by atomic mass is 16.5. The second kappa shape index (κ2) is 6.01. The summed E-state index contributed by atoms with van der Waals surface area (Å²) in [5.41, 5.74) is 0.663. The van der Waals surface area contributed by atoms with Crippen LogP contribution in [0.4, 0.5) is 0 Å². The zero-order chi connectivity index (χ0) is 14.5. The number of aryl methyl sites for hydroxylation is 1. The lowest BCUT2D eigenvalue weighted by Crippen LogP contribution is -2.00. The van der Waals surface area contributed by atoms with E-state index in [1.807, 2.05) is 6.92 Å². The van der Waals surface area contributed by atoms with Crippen LogP contribution in [0.5, 0.6) is 5.75 Å². The van der Waals surface area contributed by atoms with Crippen LogP contribution in [0, 0.1) is 6.92 Å². The maximum Gasteiger partial charge on any atom is 0.341 e. The summed E-state index contributed by atoms with van der Waals surface area (Å²) < 4.78 is 10.5. The van der Waals surface area contributed by atoms with Crippen molar-refractivity contribution in [2.45, 2.75) is 13.8 Å². The third-order valence-electron chi connectivity index (χ3n) is 2.49. The van der Waals surface area contributed by atoms with E-state index in [4.69, 9.17) is 9.15 Å². The van der Waals surface area contributed by atoms with Crippen LogP contribution in [0.3, 0.4) is 0 Å². The Morgan fingerprint density at radius 2 is 2.05 bits per heavy atom. The normalized spacial score (nSPS) is 11.4. The van der Waals surface area contributed by atoms with Gasteiger partial charge in [-0.25, -0.2) is 4.79 Å². The number of carbonyl (C=O) groups is 1. The number of carboxylic acids is 1. The fourth-order valence-corrected chi connectivity index (χ4v) is 1.61. The summed E-state index contributed by atoms with van der Waals surface area (Å²) in [6.45, 7) is 4.08. The van der Waals surface area contributed by atoms with Crippen molar-refractivity contribution in [1.82, 2.24) is 10.2 Å². The SMILES string of the molecule is CCOc1ccc(/C=C(\C(=O)O)c2nnc(C)o2)cc1. The van der Waals surface area contributed by atoms with Crippen LogP contribution >= 0.6 is 0 Å². The molecule has 2 rings (SSSR count). The van der Waals surface area contributed by atoms with Crippen LogP contribution in [0.25, 0.3) is 11.6 Å².